The molecule has 0 aliphatic heterocycles. The van der Waals surface area contributed by atoms with Gasteiger partial charge in [0.05, 0.1) is 12.8 Å². The van der Waals surface area contributed by atoms with Gasteiger partial charge < -0.3 is 14.8 Å². The second kappa shape index (κ2) is 10.1. The van der Waals surface area contributed by atoms with Crippen LogP contribution in [0.2, 0.25) is 5.02 Å². The number of ether oxygens (including phenoxy) is 1. The second-order valence-electron chi connectivity index (χ2n) is 7.44. The third-order valence-corrected chi connectivity index (χ3v) is 5.44. The van der Waals surface area contributed by atoms with E-state index in [1.54, 1.807) is 12.1 Å². The summed E-state index contributed by atoms with van der Waals surface area (Å²) in [4.78, 5) is 37.4. The molecule has 33 heavy (non-hydrogen) atoms. The van der Waals surface area contributed by atoms with Gasteiger partial charge in [0.1, 0.15) is 18.6 Å². The number of hydrogen-bond donors (Lipinski definition) is 1. The Bertz CT molecular complexity index is 1030. The summed E-state index contributed by atoms with van der Waals surface area (Å²) in [5, 5.41) is 4.55. The Labute approximate surface area is 193 Å². The quantitative estimate of drug-likeness (QED) is 0.451. The highest BCUT2D eigenvalue weighted by Gasteiger charge is 2.47. The van der Waals surface area contributed by atoms with Gasteiger partial charge in [-0.05, 0) is 24.3 Å². The van der Waals surface area contributed by atoms with Gasteiger partial charge in [0.2, 0.25) is 5.91 Å². The molecular weight excluding hydrogens is 463 g/mol. The summed E-state index contributed by atoms with van der Waals surface area (Å²) in [5.41, 5.74) is 0.230. The van der Waals surface area contributed by atoms with E-state index in [0.717, 1.165) is 29.3 Å². The summed E-state index contributed by atoms with van der Waals surface area (Å²) < 4.78 is 45.6. The van der Waals surface area contributed by atoms with E-state index in [1.165, 1.54) is 24.3 Å². The number of nitrogens with zero attached hydrogens (tertiary/aromatic N) is 2. The first kappa shape index (κ1) is 24.4. The summed E-state index contributed by atoms with van der Waals surface area (Å²) in [6.45, 7) is -0.543. The molecule has 2 aromatic rings. The molecule has 1 fully saturated rings. The molecule has 1 atom stereocenters. The summed E-state index contributed by atoms with van der Waals surface area (Å²) >= 11 is 6.35. The lowest BCUT2D eigenvalue weighted by Crippen LogP contribution is -2.57. The molecule has 1 N–H and O–H groups in total. The Morgan fingerprint density at radius 2 is 1.94 bits per heavy atom. The molecule has 2 amide bonds. The van der Waals surface area contributed by atoms with Gasteiger partial charge in [-0.1, -0.05) is 35.9 Å². The lowest BCUT2D eigenvalue weighted by atomic mass is 9.88. The van der Waals surface area contributed by atoms with Gasteiger partial charge in [-0.2, -0.15) is 0 Å². The predicted octanol–water partition coefficient (Wildman–Crippen LogP) is 4.12. The summed E-state index contributed by atoms with van der Waals surface area (Å²) in [5.74, 6) is -4.33. The van der Waals surface area contributed by atoms with E-state index in [9.17, 15) is 27.6 Å². The van der Waals surface area contributed by atoms with Crippen LogP contribution in [-0.4, -0.2) is 48.9 Å². The van der Waals surface area contributed by atoms with Gasteiger partial charge in [-0.15, -0.1) is 0 Å². The molecule has 1 aliphatic rings. The zero-order chi connectivity index (χ0) is 24.2. The summed E-state index contributed by atoms with van der Waals surface area (Å²) in [6.07, 6.45) is -1.69. The van der Waals surface area contributed by atoms with Crippen molar-refractivity contribution >= 4 is 35.6 Å². The zero-order valence-electron chi connectivity index (χ0n) is 17.5. The molecule has 1 unspecified atom stereocenters. The number of benzene rings is 2. The fourth-order valence-electron chi connectivity index (χ4n) is 3.60. The normalized spacial score (nSPS) is 15.7. The number of hydrogen-bond acceptors (Lipinski definition) is 5. The van der Waals surface area contributed by atoms with E-state index < -0.39 is 55.2 Å². The molecule has 11 heteroatoms. The van der Waals surface area contributed by atoms with Crippen LogP contribution in [0.4, 0.5) is 23.7 Å². The molecule has 3 rings (SSSR count). The fourth-order valence-corrected chi connectivity index (χ4v) is 3.84. The molecule has 0 saturated heterocycles. The van der Waals surface area contributed by atoms with Crippen molar-refractivity contribution in [2.24, 2.45) is 0 Å². The first-order chi connectivity index (χ1) is 15.7. The number of carbonyl (C=O) groups excluding carboxylic acids is 3. The molecule has 176 valence electrons. The highest BCUT2D eigenvalue weighted by Crippen LogP contribution is 2.39. The van der Waals surface area contributed by atoms with Crippen LogP contribution in [0.25, 0.3) is 0 Å². The topological polar surface area (TPSA) is 79.0 Å². The number of hydrazine groups is 1. The number of rotatable bonds is 8. The third-order valence-electron chi connectivity index (χ3n) is 5.09. The van der Waals surface area contributed by atoms with Crippen LogP contribution < -0.4 is 10.3 Å². The maximum absolute atomic E-state index is 14.1. The van der Waals surface area contributed by atoms with Crippen molar-refractivity contribution in [3.05, 3.63) is 64.9 Å². The molecule has 0 spiro atoms. The fraction of sp³-hybridized carbons (Fsp3) is 0.318. The van der Waals surface area contributed by atoms with Crippen molar-refractivity contribution in [2.75, 3.05) is 18.7 Å². The second-order valence-corrected chi connectivity index (χ2v) is 7.84. The maximum atomic E-state index is 14.1. The monoisotopic (exact) mass is 483 g/mol. The number of alkyl halides is 2. The highest BCUT2D eigenvalue weighted by molar-refractivity contribution is 6.31. The highest BCUT2D eigenvalue weighted by atomic mass is 35.5. The standard InChI is InChI=1S/C22H21ClF3N3O4/c1-33-21(32)28(9-10-30)29(16-6-4-5-14(24)11-16)19(17-7-2-3-8-18(17)23)20(31)27-15-12-22(25,26)13-15/h2-8,10-11,15,19H,9,12-13H2,1H3,(H,27,31). The molecule has 0 aromatic heterocycles. The Kier molecular flexibility index (Phi) is 7.47. The van der Waals surface area contributed by atoms with E-state index in [0.29, 0.717) is 6.29 Å². The average Bonchev–Trinajstić information content (AvgIpc) is 2.75. The number of carbonyl (C=O) groups is 3. The first-order valence-electron chi connectivity index (χ1n) is 9.93. The zero-order valence-corrected chi connectivity index (χ0v) is 18.3. The van der Waals surface area contributed by atoms with E-state index in [2.05, 4.69) is 5.32 Å². The van der Waals surface area contributed by atoms with Gasteiger partial charge >= 0.3 is 6.09 Å². The van der Waals surface area contributed by atoms with Crippen LogP contribution in [0.5, 0.6) is 0 Å². The van der Waals surface area contributed by atoms with Gasteiger partial charge in [0.25, 0.3) is 5.92 Å². The third kappa shape index (κ3) is 5.57. The number of anilines is 1. The van der Waals surface area contributed by atoms with Crippen LogP contribution in [0.3, 0.4) is 0 Å². The molecule has 2 aromatic carbocycles. The number of aldehydes is 1. The molecule has 7 nitrogen and oxygen atoms in total. The molecule has 0 radical (unpaired) electrons. The van der Waals surface area contributed by atoms with E-state index in [-0.39, 0.29) is 16.3 Å². The van der Waals surface area contributed by atoms with Crippen LogP contribution in [-0.2, 0) is 14.3 Å². The van der Waals surface area contributed by atoms with Crippen molar-refractivity contribution in [2.45, 2.75) is 30.8 Å². The van der Waals surface area contributed by atoms with E-state index >= 15 is 0 Å². The predicted molar refractivity (Wildman–Crippen MR) is 114 cm³/mol. The van der Waals surface area contributed by atoms with Crippen molar-refractivity contribution < 1.29 is 32.3 Å². The molecular formula is C22H21ClF3N3O4. The van der Waals surface area contributed by atoms with Crippen LogP contribution in [0.15, 0.2) is 48.5 Å². The van der Waals surface area contributed by atoms with Gasteiger partial charge in [-0.3, -0.25) is 9.80 Å². The SMILES string of the molecule is COC(=O)N(CC=O)N(c1cccc(F)c1)C(C(=O)NC1CC(F)(F)C1)c1ccccc1Cl. The molecule has 1 saturated carbocycles. The smallest absolute Gasteiger partial charge is 0.428 e. The van der Waals surface area contributed by atoms with E-state index in [1.807, 2.05) is 0 Å². The van der Waals surface area contributed by atoms with Crippen molar-refractivity contribution in [1.82, 2.24) is 10.3 Å². The number of nitrogens with one attached hydrogen (secondary N) is 1. The maximum Gasteiger partial charge on any atom is 0.428 e. The Hall–Kier alpha value is -3.27. The van der Waals surface area contributed by atoms with Crippen molar-refractivity contribution in [3.8, 4) is 0 Å². The minimum atomic E-state index is -2.88. The van der Waals surface area contributed by atoms with Gasteiger partial charge in [-0.25, -0.2) is 23.0 Å². The lowest BCUT2D eigenvalue weighted by Gasteiger charge is -2.41. The van der Waals surface area contributed by atoms with Crippen LogP contribution in [0.1, 0.15) is 24.4 Å². The molecule has 0 bridgehead atoms. The van der Waals surface area contributed by atoms with Crippen molar-refractivity contribution in [3.63, 3.8) is 0 Å². The van der Waals surface area contributed by atoms with Crippen LogP contribution >= 0.6 is 11.6 Å². The molecule has 0 heterocycles. The minimum absolute atomic E-state index is 0.0289. The number of halogens is 4. The first-order valence-corrected chi connectivity index (χ1v) is 10.3. The Morgan fingerprint density at radius 1 is 1.24 bits per heavy atom. The average molecular weight is 484 g/mol. The largest absolute Gasteiger partial charge is 0.452 e. The number of amides is 2. The lowest BCUT2D eigenvalue weighted by molar-refractivity contribution is -0.131. The summed E-state index contributed by atoms with van der Waals surface area (Å²) in [7, 11) is 1.07. The Morgan fingerprint density at radius 3 is 2.52 bits per heavy atom. The van der Waals surface area contributed by atoms with E-state index in [4.69, 9.17) is 16.3 Å². The summed E-state index contributed by atoms with van der Waals surface area (Å²) in [6, 6.07) is 8.96. The number of methoxy groups -OCH3 is 1. The van der Waals surface area contributed by atoms with Gasteiger partial charge in [0.15, 0.2) is 6.04 Å². The van der Waals surface area contributed by atoms with Crippen LogP contribution in [0, 0.1) is 5.82 Å². The minimum Gasteiger partial charge on any atom is -0.452 e. The Balaban J connectivity index is 2.13. The van der Waals surface area contributed by atoms with Crippen molar-refractivity contribution in [1.29, 1.82) is 0 Å². The van der Waals surface area contributed by atoms with Gasteiger partial charge in [0, 0.05) is 29.5 Å². The molecule has 1 aliphatic carbocycles.